The number of amides is 1. The number of rotatable bonds is 8. The summed E-state index contributed by atoms with van der Waals surface area (Å²) in [5, 5.41) is 3.02. The van der Waals surface area contributed by atoms with Crippen LogP contribution in [0.15, 0.2) is 23.1 Å². The highest BCUT2D eigenvalue weighted by Crippen LogP contribution is 2.25. The Kier molecular flexibility index (Phi) is 8.17. The first kappa shape index (κ1) is 20.6. The molecule has 2 N–H and O–H groups in total. The van der Waals surface area contributed by atoms with Crippen LogP contribution in [0.25, 0.3) is 0 Å². The van der Waals surface area contributed by atoms with E-state index < -0.39 is 16.1 Å². The molecule has 130 valence electrons. The van der Waals surface area contributed by atoms with Gasteiger partial charge in [0.15, 0.2) is 0 Å². The van der Waals surface area contributed by atoms with E-state index in [4.69, 9.17) is 23.2 Å². The van der Waals surface area contributed by atoms with Gasteiger partial charge in [0, 0.05) is 11.1 Å². The number of nitrogens with one attached hydrogen (secondary N) is 2. The molecular weight excluding hydrogens is 379 g/mol. The van der Waals surface area contributed by atoms with Crippen LogP contribution in [-0.4, -0.2) is 38.4 Å². The van der Waals surface area contributed by atoms with Crippen molar-refractivity contribution in [1.29, 1.82) is 0 Å². The zero-order chi connectivity index (χ0) is 17.6. The summed E-state index contributed by atoms with van der Waals surface area (Å²) in [7, 11) is -3.96. The lowest BCUT2D eigenvalue weighted by Crippen LogP contribution is -2.48. The van der Waals surface area contributed by atoms with Crippen molar-refractivity contribution < 1.29 is 13.2 Å². The van der Waals surface area contributed by atoms with Gasteiger partial charge < -0.3 is 5.32 Å². The first-order valence-corrected chi connectivity index (χ1v) is 10.6. The maximum Gasteiger partial charge on any atom is 0.242 e. The lowest BCUT2D eigenvalue weighted by Gasteiger charge is -2.20. The van der Waals surface area contributed by atoms with Crippen molar-refractivity contribution in [2.24, 2.45) is 0 Å². The van der Waals surface area contributed by atoms with E-state index in [9.17, 15) is 13.2 Å². The Morgan fingerprint density at radius 1 is 1.30 bits per heavy atom. The van der Waals surface area contributed by atoms with Gasteiger partial charge in [0.1, 0.15) is 10.9 Å². The molecule has 1 rings (SSSR count). The number of hydrogen-bond acceptors (Lipinski definition) is 4. The summed E-state index contributed by atoms with van der Waals surface area (Å²) >= 11 is 13.3. The smallest absolute Gasteiger partial charge is 0.242 e. The fourth-order valence-corrected chi connectivity index (χ4v) is 4.26. The molecule has 1 unspecified atom stereocenters. The molecule has 1 amide bonds. The zero-order valence-electron chi connectivity index (χ0n) is 13.1. The minimum atomic E-state index is -3.96. The van der Waals surface area contributed by atoms with Crippen LogP contribution in [0.3, 0.4) is 0 Å². The fraction of sp³-hybridized carbons (Fsp3) is 0.500. The summed E-state index contributed by atoms with van der Waals surface area (Å²) < 4.78 is 27.5. The Hall–Kier alpha value is -0.470. The predicted molar refractivity (Wildman–Crippen MR) is 96.8 cm³/mol. The van der Waals surface area contributed by atoms with Crippen molar-refractivity contribution in [2.45, 2.75) is 37.2 Å². The van der Waals surface area contributed by atoms with Crippen LogP contribution in [0.4, 0.5) is 0 Å². The molecule has 0 aromatic heterocycles. The summed E-state index contributed by atoms with van der Waals surface area (Å²) in [5.41, 5.74) is 0. The number of thioether (sulfide) groups is 1. The minimum absolute atomic E-state index is 0.0507. The van der Waals surface area contributed by atoms with Crippen molar-refractivity contribution in [3.05, 3.63) is 28.2 Å². The zero-order valence-corrected chi connectivity index (χ0v) is 16.2. The van der Waals surface area contributed by atoms with E-state index >= 15 is 0 Å². The van der Waals surface area contributed by atoms with Gasteiger partial charge in [-0.2, -0.15) is 16.5 Å². The quantitative estimate of drug-likeness (QED) is 0.705. The normalized spacial score (nSPS) is 13.1. The third-order valence-corrected chi connectivity index (χ3v) is 5.67. The number of carbonyl (C=O) groups is 1. The molecule has 0 spiro atoms. The second kappa shape index (κ2) is 9.13. The van der Waals surface area contributed by atoms with Gasteiger partial charge >= 0.3 is 0 Å². The van der Waals surface area contributed by atoms with E-state index in [0.717, 1.165) is 0 Å². The standard InChI is InChI=1S/C14H20Cl2N2O3S2/c1-9(2)17-14(19)12(6-7-22-3)18-23(20,21)13-8-10(15)4-5-11(13)16/h4-5,8-9,12,18H,6-7H2,1-3H3,(H,17,19). The van der Waals surface area contributed by atoms with E-state index in [1.807, 2.05) is 20.1 Å². The summed E-state index contributed by atoms with van der Waals surface area (Å²) in [6.07, 6.45) is 2.26. The molecule has 0 aliphatic heterocycles. The molecule has 0 bridgehead atoms. The van der Waals surface area contributed by atoms with Gasteiger partial charge in [-0.25, -0.2) is 8.42 Å². The van der Waals surface area contributed by atoms with Crippen molar-refractivity contribution >= 4 is 50.9 Å². The second-order valence-corrected chi connectivity index (χ2v) is 8.71. The number of hydrogen-bond donors (Lipinski definition) is 2. The number of sulfonamides is 1. The molecule has 0 fully saturated rings. The van der Waals surface area contributed by atoms with E-state index in [-0.39, 0.29) is 26.9 Å². The van der Waals surface area contributed by atoms with E-state index in [0.29, 0.717) is 12.2 Å². The lowest BCUT2D eigenvalue weighted by molar-refractivity contribution is -0.123. The molecule has 23 heavy (non-hydrogen) atoms. The fourth-order valence-electron chi connectivity index (χ4n) is 1.80. The Balaban J connectivity index is 3.04. The minimum Gasteiger partial charge on any atom is -0.353 e. The molecule has 5 nitrogen and oxygen atoms in total. The molecule has 9 heteroatoms. The molecule has 0 aliphatic carbocycles. The van der Waals surface area contributed by atoms with Crippen LogP contribution in [0.1, 0.15) is 20.3 Å². The highest BCUT2D eigenvalue weighted by molar-refractivity contribution is 7.98. The summed E-state index contributed by atoms with van der Waals surface area (Å²) in [6, 6.07) is 3.21. The number of benzene rings is 1. The van der Waals surface area contributed by atoms with Crippen LogP contribution >= 0.6 is 35.0 Å². The maximum absolute atomic E-state index is 12.5. The predicted octanol–water partition coefficient (Wildman–Crippen LogP) is 2.92. The topological polar surface area (TPSA) is 75.3 Å². The van der Waals surface area contributed by atoms with Gasteiger partial charge in [0.2, 0.25) is 15.9 Å². The first-order chi connectivity index (χ1) is 10.7. The first-order valence-electron chi connectivity index (χ1n) is 6.94. The van der Waals surface area contributed by atoms with Crippen LogP contribution < -0.4 is 10.0 Å². The average Bonchev–Trinajstić information content (AvgIpc) is 2.45. The Morgan fingerprint density at radius 3 is 2.52 bits per heavy atom. The summed E-state index contributed by atoms with van der Waals surface area (Å²) in [6.45, 7) is 3.62. The lowest BCUT2D eigenvalue weighted by atomic mass is 10.2. The molecule has 1 aromatic carbocycles. The molecule has 0 saturated carbocycles. The summed E-state index contributed by atoms with van der Waals surface area (Å²) in [4.78, 5) is 12.1. The van der Waals surface area contributed by atoms with Gasteiger partial charge in [0.05, 0.1) is 5.02 Å². The van der Waals surface area contributed by atoms with E-state index in [1.54, 1.807) is 0 Å². The molecule has 0 heterocycles. The SMILES string of the molecule is CSCCC(NS(=O)(=O)c1cc(Cl)ccc1Cl)C(=O)NC(C)C. The van der Waals surface area contributed by atoms with Gasteiger partial charge in [-0.15, -0.1) is 0 Å². The van der Waals surface area contributed by atoms with Crippen LogP contribution in [0.5, 0.6) is 0 Å². The number of halogens is 2. The third-order valence-electron chi connectivity index (χ3n) is 2.84. The van der Waals surface area contributed by atoms with Crippen LogP contribution in [0.2, 0.25) is 10.0 Å². The monoisotopic (exact) mass is 398 g/mol. The van der Waals surface area contributed by atoms with Crippen molar-refractivity contribution in [2.75, 3.05) is 12.0 Å². The number of carbonyl (C=O) groups excluding carboxylic acids is 1. The van der Waals surface area contributed by atoms with Crippen molar-refractivity contribution in [3.63, 3.8) is 0 Å². The second-order valence-electron chi connectivity index (χ2n) is 5.19. The summed E-state index contributed by atoms with van der Waals surface area (Å²) in [5.74, 6) is 0.276. The Bertz CT molecular complexity index is 651. The Labute approximate surface area is 151 Å². The molecule has 1 atom stereocenters. The van der Waals surface area contributed by atoms with Gasteiger partial charge in [-0.05, 0) is 50.5 Å². The largest absolute Gasteiger partial charge is 0.353 e. The highest BCUT2D eigenvalue weighted by Gasteiger charge is 2.27. The van der Waals surface area contributed by atoms with Crippen molar-refractivity contribution in [3.8, 4) is 0 Å². The van der Waals surface area contributed by atoms with Crippen LogP contribution in [-0.2, 0) is 14.8 Å². The van der Waals surface area contributed by atoms with Gasteiger partial charge in [0.25, 0.3) is 0 Å². The average molecular weight is 399 g/mol. The van der Waals surface area contributed by atoms with E-state index in [2.05, 4.69) is 10.0 Å². The molecule has 0 aliphatic rings. The molecule has 0 radical (unpaired) electrons. The Morgan fingerprint density at radius 2 is 1.96 bits per heavy atom. The highest BCUT2D eigenvalue weighted by atomic mass is 35.5. The molecule has 1 aromatic rings. The van der Waals surface area contributed by atoms with Crippen LogP contribution in [0, 0.1) is 0 Å². The molecular formula is C14H20Cl2N2O3S2. The van der Waals surface area contributed by atoms with Gasteiger partial charge in [-0.1, -0.05) is 23.2 Å². The van der Waals surface area contributed by atoms with Gasteiger partial charge in [-0.3, -0.25) is 4.79 Å². The van der Waals surface area contributed by atoms with E-state index in [1.165, 1.54) is 30.0 Å². The molecule has 0 saturated heterocycles. The third kappa shape index (κ3) is 6.51. The maximum atomic E-state index is 12.5. The van der Waals surface area contributed by atoms with Crippen molar-refractivity contribution in [1.82, 2.24) is 10.0 Å².